The van der Waals surface area contributed by atoms with Crippen LogP contribution in [0.5, 0.6) is 5.75 Å². The van der Waals surface area contributed by atoms with Crippen LogP contribution in [0.1, 0.15) is 13.0 Å². The van der Waals surface area contributed by atoms with Crippen molar-refractivity contribution in [3.8, 4) is 17.0 Å². The average molecular weight is 372 g/mol. The highest BCUT2D eigenvalue weighted by Crippen LogP contribution is 2.25. The van der Waals surface area contributed by atoms with Gasteiger partial charge in [0.15, 0.2) is 4.80 Å². The number of rotatable bonds is 6. The van der Waals surface area contributed by atoms with Gasteiger partial charge in [-0.3, -0.25) is 0 Å². The second-order valence-corrected chi connectivity index (χ2v) is 6.73. The number of hydrogen-bond donors (Lipinski definition) is 0. The lowest BCUT2D eigenvalue weighted by Crippen LogP contribution is -2.22. The van der Waals surface area contributed by atoms with Gasteiger partial charge in [-0.25, -0.2) is 9.38 Å². The van der Waals surface area contributed by atoms with Crippen molar-refractivity contribution < 1.29 is 13.9 Å². The van der Waals surface area contributed by atoms with E-state index in [2.05, 4.69) is 11.5 Å². The largest absolute Gasteiger partial charge is 0.497 e. The van der Waals surface area contributed by atoms with Gasteiger partial charge in [-0.05, 0) is 61.0 Å². The van der Waals surface area contributed by atoms with Gasteiger partial charge in [-0.15, -0.1) is 11.3 Å². The third kappa shape index (κ3) is 4.03. The smallest absolute Gasteiger partial charge is 0.190 e. The molecule has 0 fully saturated rings. The Labute approximate surface area is 156 Å². The summed E-state index contributed by atoms with van der Waals surface area (Å²) >= 11 is 1.55. The van der Waals surface area contributed by atoms with E-state index < -0.39 is 0 Å². The minimum atomic E-state index is -0.247. The minimum Gasteiger partial charge on any atom is -0.497 e. The third-order valence-corrected chi connectivity index (χ3v) is 4.87. The molecule has 1 aromatic heterocycles. The van der Waals surface area contributed by atoms with E-state index in [9.17, 15) is 4.39 Å². The quantitative estimate of drug-likeness (QED) is 0.623. The first-order valence-electron chi connectivity index (χ1n) is 8.26. The maximum Gasteiger partial charge on any atom is 0.190 e. The van der Waals surface area contributed by atoms with Crippen LogP contribution in [0.4, 0.5) is 10.1 Å². The monoisotopic (exact) mass is 372 g/mol. The van der Waals surface area contributed by atoms with E-state index >= 15 is 0 Å². The molecule has 0 N–H and O–H groups in total. The van der Waals surface area contributed by atoms with Crippen molar-refractivity contribution in [2.75, 3.05) is 20.8 Å². The fraction of sp³-hybridized carbons (Fsp3) is 0.250. The van der Waals surface area contributed by atoms with E-state index in [1.54, 1.807) is 37.7 Å². The molecule has 0 bridgehead atoms. The minimum absolute atomic E-state index is 0.0864. The van der Waals surface area contributed by atoms with E-state index in [0.717, 1.165) is 27.5 Å². The van der Waals surface area contributed by atoms with Gasteiger partial charge < -0.3 is 14.0 Å². The molecule has 0 unspecified atom stereocenters. The van der Waals surface area contributed by atoms with Crippen LogP contribution in [-0.2, 0) is 4.74 Å². The SMILES string of the molecule is COC[C@@H](C)n1c(-c2ccc(F)cc2)csc1=Nc1ccc(OC)cc1. The van der Waals surface area contributed by atoms with Crippen molar-refractivity contribution in [3.05, 3.63) is 64.5 Å². The molecule has 6 heteroatoms. The normalized spacial score (nSPS) is 13.0. The lowest BCUT2D eigenvalue weighted by atomic mass is 10.1. The maximum absolute atomic E-state index is 13.3. The predicted octanol–water partition coefficient (Wildman–Crippen LogP) is 4.80. The number of hydrogen-bond acceptors (Lipinski definition) is 4. The molecular weight excluding hydrogens is 351 g/mol. The highest BCUT2D eigenvalue weighted by Gasteiger charge is 2.14. The second-order valence-electron chi connectivity index (χ2n) is 5.89. The van der Waals surface area contributed by atoms with E-state index in [-0.39, 0.29) is 11.9 Å². The maximum atomic E-state index is 13.3. The zero-order valence-corrected chi connectivity index (χ0v) is 15.8. The summed E-state index contributed by atoms with van der Waals surface area (Å²) in [7, 11) is 3.32. The molecule has 0 spiro atoms. The van der Waals surface area contributed by atoms with Crippen LogP contribution < -0.4 is 9.54 Å². The summed E-state index contributed by atoms with van der Waals surface area (Å²) in [5, 5.41) is 2.04. The van der Waals surface area contributed by atoms with Crippen molar-refractivity contribution in [2.45, 2.75) is 13.0 Å². The molecule has 1 heterocycles. The van der Waals surface area contributed by atoms with Crippen molar-refractivity contribution in [3.63, 3.8) is 0 Å². The Hall–Kier alpha value is -2.44. The summed E-state index contributed by atoms with van der Waals surface area (Å²) in [6.45, 7) is 2.64. The molecule has 0 saturated carbocycles. The fourth-order valence-corrected chi connectivity index (χ4v) is 3.76. The Kier molecular flexibility index (Phi) is 5.85. The van der Waals surface area contributed by atoms with Crippen molar-refractivity contribution in [2.24, 2.45) is 4.99 Å². The number of benzene rings is 2. The summed E-state index contributed by atoms with van der Waals surface area (Å²) in [6, 6.07) is 14.2. The van der Waals surface area contributed by atoms with E-state index in [1.165, 1.54) is 12.1 Å². The van der Waals surface area contributed by atoms with Crippen LogP contribution in [0, 0.1) is 5.82 Å². The summed E-state index contributed by atoms with van der Waals surface area (Å²) in [6.07, 6.45) is 0. The molecule has 3 aromatic rings. The molecule has 1 atom stereocenters. The van der Waals surface area contributed by atoms with Gasteiger partial charge in [-0.2, -0.15) is 0 Å². The standard InChI is InChI=1S/C20H21FN2O2S/c1-14(12-24-2)23-19(15-4-6-16(21)7-5-15)13-26-20(23)22-17-8-10-18(25-3)11-9-17/h4-11,13-14H,12H2,1-3H3/t14-/m1/s1. The highest BCUT2D eigenvalue weighted by molar-refractivity contribution is 7.07. The molecule has 0 aliphatic carbocycles. The number of halogens is 1. The Morgan fingerprint density at radius 1 is 1.08 bits per heavy atom. The Bertz CT molecular complexity index is 914. The first-order chi connectivity index (χ1) is 12.6. The van der Waals surface area contributed by atoms with Gasteiger partial charge in [0.05, 0.1) is 31.1 Å². The summed E-state index contributed by atoms with van der Waals surface area (Å²) in [4.78, 5) is 5.64. The third-order valence-electron chi connectivity index (χ3n) is 4.03. The topological polar surface area (TPSA) is 35.8 Å². The Balaban J connectivity index is 2.09. The lowest BCUT2D eigenvalue weighted by molar-refractivity contribution is 0.162. The Morgan fingerprint density at radius 3 is 2.38 bits per heavy atom. The second kappa shape index (κ2) is 8.29. The van der Waals surface area contributed by atoms with Crippen LogP contribution in [0.3, 0.4) is 0 Å². The highest BCUT2D eigenvalue weighted by atomic mass is 32.1. The van der Waals surface area contributed by atoms with E-state index in [1.807, 2.05) is 29.6 Å². The number of methoxy groups -OCH3 is 2. The van der Waals surface area contributed by atoms with Crippen LogP contribution in [-0.4, -0.2) is 25.4 Å². The number of nitrogens with zero attached hydrogens (tertiary/aromatic N) is 2. The molecule has 3 rings (SSSR count). The first kappa shape index (κ1) is 18.4. The molecule has 0 aliphatic rings. The molecule has 2 aromatic carbocycles. The van der Waals surface area contributed by atoms with Gasteiger partial charge in [0.2, 0.25) is 0 Å². The van der Waals surface area contributed by atoms with Crippen LogP contribution >= 0.6 is 11.3 Å². The van der Waals surface area contributed by atoms with Crippen LogP contribution in [0.2, 0.25) is 0 Å². The van der Waals surface area contributed by atoms with Gasteiger partial charge in [0.1, 0.15) is 11.6 Å². The van der Waals surface area contributed by atoms with E-state index in [0.29, 0.717) is 6.61 Å². The average Bonchev–Trinajstić information content (AvgIpc) is 3.07. The lowest BCUT2D eigenvalue weighted by Gasteiger charge is -2.16. The molecule has 0 saturated heterocycles. The van der Waals surface area contributed by atoms with Gasteiger partial charge in [-0.1, -0.05) is 0 Å². The predicted molar refractivity (Wildman–Crippen MR) is 103 cm³/mol. The van der Waals surface area contributed by atoms with Crippen LogP contribution in [0.25, 0.3) is 11.3 Å². The van der Waals surface area contributed by atoms with Crippen molar-refractivity contribution in [1.82, 2.24) is 4.57 Å². The molecule has 0 radical (unpaired) electrons. The number of ether oxygens (including phenoxy) is 2. The molecule has 0 aliphatic heterocycles. The number of aromatic nitrogens is 1. The van der Waals surface area contributed by atoms with Crippen LogP contribution in [0.15, 0.2) is 58.9 Å². The summed E-state index contributed by atoms with van der Waals surface area (Å²) in [5.41, 5.74) is 2.78. The first-order valence-corrected chi connectivity index (χ1v) is 9.14. The molecule has 4 nitrogen and oxygen atoms in total. The summed E-state index contributed by atoms with van der Waals surface area (Å²) in [5.74, 6) is 0.548. The zero-order valence-electron chi connectivity index (χ0n) is 15.0. The van der Waals surface area contributed by atoms with Gasteiger partial charge in [0.25, 0.3) is 0 Å². The molecule has 0 amide bonds. The van der Waals surface area contributed by atoms with Crippen molar-refractivity contribution in [1.29, 1.82) is 0 Å². The fourth-order valence-electron chi connectivity index (χ4n) is 2.74. The molecular formula is C20H21FN2O2S. The van der Waals surface area contributed by atoms with Crippen molar-refractivity contribution >= 4 is 17.0 Å². The van der Waals surface area contributed by atoms with E-state index in [4.69, 9.17) is 14.5 Å². The molecule has 26 heavy (non-hydrogen) atoms. The van der Waals surface area contributed by atoms with Gasteiger partial charge >= 0.3 is 0 Å². The zero-order chi connectivity index (χ0) is 18.5. The Morgan fingerprint density at radius 2 is 1.77 bits per heavy atom. The number of thiazole rings is 1. The molecule has 136 valence electrons. The van der Waals surface area contributed by atoms with Gasteiger partial charge in [0, 0.05) is 12.5 Å². The summed E-state index contributed by atoms with van der Waals surface area (Å²) < 4.78 is 25.9.